The van der Waals surface area contributed by atoms with Crippen molar-refractivity contribution in [3.05, 3.63) is 94.4 Å². The quantitative estimate of drug-likeness (QED) is 0.457. The second-order valence-electron chi connectivity index (χ2n) is 9.62. The molecule has 0 aliphatic carbocycles. The largest absolute Gasteiger partial charge is 0.443 e. The number of halogens is 2. The Balaban J connectivity index is 1.39. The monoisotopic (exact) mass is 529 g/mol. The maximum Gasteiger partial charge on any atom is 0.414 e. The number of hydrogen-bond acceptors (Lipinski definition) is 4. The smallest absolute Gasteiger partial charge is 0.414 e. The Bertz CT molecular complexity index is 1150. The first-order valence-corrected chi connectivity index (χ1v) is 12.4. The Morgan fingerprint density at radius 2 is 1.67 bits per heavy atom. The van der Waals surface area contributed by atoms with Gasteiger partial charge in [0.2, 0.25) is 0 Å². The Kier molecular flexibility index (Phi) is 7.93. The maximum absolute atomic E-state index is 13.0. The molecule has 2 aromatic carbocycles. The first-order chi connectivity index (χ1) is 17.1. The number of urea groups is 1. The van der Waals surface area contributed by atoms with Gasteiger partial charge in [-0.05, 0) is 50.6 Å². The van der Waals surface area contributed by atoms with E-state index in [2.05, 4.69) is 0 Å². The highest BCUT2D eigenvalue weighted by molar-refractivity contribution is 6.31. The van der Waals surface area contributed by atoms with Crippen molar-refractivity contribution in [2.24, 2.45) is 0 Å². The fourth-order valence-corrected chi connectivity index (χ4v) is 4.17. The number of ether oxygens (including phenoxy) is 2. The summed E-state index contributed by atoms with van der Waals surface area (Å²) in [6, 6.07) is 14.8. The summed E-state index contributed by atoms with van der Waals surface area (Å²) in [5, 5.41) is 1.25. The van der Waals surface area contributed by atoms with E-state index in [1.807, 2.05) is 69.3 Å². The van der Waals surface area contributed by atoms with Crippen molar-refractivity contribution in [1.82, 2.24) is 14.7 Å². The minimum absolute atomic E-state index is 0.163. The lowest BCUT2D eigenvalue weighted by atomic mass is 10.0. The van der Waals surface area contributed by atoms with Gasteiger partial charge in [0.05, 0.1) is 19.2 Å². The van der Waals surface area contributed by atoms with E-state index < -0.39 is 17.8 Å². The first kappa shape index (κ1) is 26.1. The molecule has 0 spiro atoms. The van der Waals surface area contributed by atoms with Crippen molar-refractivity contribution in [2.75, 3.05) is 19.6 Å². The van der Waals surface area contributed by atoms with Gasteiger partial charge in [-0.2, -0.15) is 0 Å². The van der Waals surface area contributed by atoms with Gasteiger partial charge in [0.25, 0.3) is 0 Å². The predicted molar refractivity (Wildman–Crippen MR) is 140 cm³/mol. The van der Waals surface area contributed by atoms with E-state index in [0.717, 1.165) is 11.1 Å². The molecule has 0 radical (unpaired) electrons. The SMILES string of the molecule is CC(C)(C)OC(=O)N1C=CN(C(=O)N2CC(OC(c3ccc(Cl)cc3)c3ccccc3Cl)C2)C=CC1. The van der Waals surface area contributed by atoms with E-state index in [-0.39, 0.29) is 12.1 Å². The molecule has 2 aliphatic heterocycles. The first-order valence-electron chi connectivity index (χ1n) is 11.7. The number of likely N-dealkylation sites (tertiary alicyclic amines) is 1. The van der Waals surface area contributed by atoms with Crippen LogP contribution in [0.5, 0.6) is 0 Å². The molecule has 1 fully saturated rings. The van der Waals surface area contributed by atoms with Crippen molar-refractivity contribution >= 4 is 35.3 Å². The van der Waals surface area contributed by atoms with Gasteiger partial charge >= 0.3 is 12.1 Å². The van der Waals surface area contributed by atoms with Crippen LogP contribution in [0.1, 0.15) is 38.0 Å². The van der Waals surface area contributed by atoms with Crippen LogP contribution in [0.25, 0.3) is 0 Å². The second kappa shape index (κ2) is 10.9. The highest BCUT2D eigenvalue weighted by Gasteiger charge is 2.36. The highest BCUT2D eigenvalue weighted by Crippen LogP contribution is 2.34. The summed E-state index contributed by atoms with van der Waals surface area (Å²) in [7, 11) is 0. The molecule has 1 atom stereocenters. The molecule has 0 bridgehead atoms. The highest BCUT2D eigenvalue weighted by atomic mass is 35.5. The lowest BCUT2D eigenvalue weighted by Gasteiger charge is -2.42. The van der Waals surface area contributed by atoms with E-state index in [1.54, 1.807) is 29.6 Å². The predicted octanol–water partition coefficient (Wildman–Crippen LogP) is 6.44. The molecule has 0 N–H and O–H groups in total. The topological polar surface area (TPSA) is 62.3 Å². The normalized spacial score (nSPS) is 17.0. The molecular weight excluding hydrogens is 501 g/mol. The molecular formula is C27H29Cl2N3O4. The zero-order valence-corrected chi connectivity index (χ0v) is 21.9. The number of rotatable bonds is 4. The van der Waals surface area contributed by atoms with Crippen LogP contribution >= 0.6 is 23.2 Å². The van der Waals surface area contributed by atoms with Crippen LogP contribution in [-0.2, 0) is 9.47 Å². The van der Waals surface area contributed by atoms with Gasteiger partial charge in [-0.25, -0.2) is 9.59 Å². The Labute approximate surface area is 221 Å². The summed E-state index contributed by atoms with van der Waals surface area (Å²) in [5.41, 5.74) is 1.18. The summed E-state index contributed by atoms with van der Waals surface area (Å²) in [5.74, 6) is 0. The molecule has 2 aromatic rings. The van der Waals surface area contributed by atoms with Crippen molar-refractivity contribution < 1.29 is 19.1 Å². The van der Waals surface area contributed by atoms with Gasteiger partial charge in [-0.15, -0.1) is 0 Å². The summed E-state index contributed by atoms with van der Waals surface area (Å²) in [6.07, 6.45) is 5.48. The number of carbonyl (C=O) groups is 2. The van der Waals surface area contributed by atoms with Gasteiger partial charge in [-0.3, -0.25) is 9.80 Å². The van der Waals surface area contributed by atoms with Crippen LogP contribution in [0.15, 0.2) is 73.2 Å². The van der Waals surface area contributed by atoms with Crippen LogP contribution < -0.4 is 0 Å². The lowest BCUT2D eigenvalue weighted by molar-refractivity contribution is -0.0665. The Hall–Kier alpha value is -3.00. The summed E-state index contributed by atoms with van der Waals surface area (Å²) >= 11 is 12.6. The molecule has 2 heterocycles. The molecule has 190 valence electrons. The van der Waals surface area contributed by atoms with Crippen molar-refractivity contribution in [1.29, 1.82) is 0 Å². The number of amides is 3. The number of nitrogens with zero attached hydrogens (tertiary/aromatic N) is 3. The zero-order chi connectivity index (χ0) is 25.9. The van der Waals surface area contributed by atoms with Gasteiger partial charge in [0.1, 0.15) is 11.7 Å². The third kappa shape index (κ3) is 6.40. The van der Waals surface area contributed by atoms with Crippen LogP contribution in [0, 0.1) is 0 Å². The summed E-state index contributed by atoms with van der Waals surface area (Å²) in [4.78, 5) is 29.9. The molecule has 0 aromatic heterocycles. The van der Waals surface area contributed by atoms with Crippen molar-refractivity contribution in [3.63, 3.8) is 0 Å². The zero-order valence-electron chi connectivity index (χ0n) is 20.4. The maximum atomic E-state index is 13.0. The molecule has 3 amide bonds. The van der Waals surface area contributed by atoms with Crippen molar-refractivity contribution in [3.8, 4) is 0 Å². The fourth-order valence-electron chi connectivity index (χ4n) is 3.81. The molecule has 2 aliphatic rings. The van der Waals surface area contributed by atoms with Gasteiger partial charge < -0.3 is 14.4 Å². The van der Waals surface area contributed by atoms with E-state index in [4.69, 9.17) is 32.7 Å². The average Bonchev–Trinajstić information content (AvgIpc) is 3.05. The summed E-state index contributed by atoms with van der Waals surface area (Å²) in [6.45, 7) is 6.60. The van der Waals surface area contributed by atoms with Crippen LogP contribution in [-0.4, -0.2) is 58.2 Å². The molecule has 1 saturated heterocycles. The molecule has 0 saturated carbocycles. The van der Waals surface area contributed by atoms with E-state index in [0.29, 0.717) is 29.7 Å². The van der Waals surface area contributed by atoms with Gasteiger partial charge in [-0.1, -0.05) is 53.5 Å². The van der Waals surface area contributed by atoms with Crippen molar-refractivity contribution in [2.45, 2.75) is 38.6 Å². The number of benzene rings is 2. The summed E-state index contributed by atoms with van der Waals surface area (Å²) < 4.78 is 11.8. The van der Waals surface area contributed by atoms with Gasteiger partial charge in [0.15, 0.2) is 0 Å². The van der Waals surface area contributed by atoms with Crippen LogP contribution in [0.2, 0.25) is 10.0 Å². The fraction of sp³-hybridized carbons (Fsp3) is 0.333. The standard InChI is InChI=1S/C27H29Cl2N3O4/c1-27(2,3)36-26(34)31-14-6-13-30(15-16-31)25(33)32-17-21(18-32)35-24(19-9-11-20(28)12-10-19)22-7-4-5-8-23(22)29/h4-13,15-16,21,24H,14,17-18H2,1-3H3. The van der Waals surface area contributed by atoms with Gasteiger partial charge in [0, 0.05) is 40.8 Å². The minimum atomic E-state index is -0.600. The molecule has 36 heavy (non-hydrogen) atoms. The molecule has 1 unspecified atom stereocenters. The third-order valence-electron chi connectivity index (χ3n) is 5.63. The Morgan fingerprint density at radius 3 is 2.33 bits per heavy atom. The van der Waals surface area contributed by atoms with E-state index in [1.165, 1.54) is 9.80 Å². The van der Waals surface area contributed by atoms with Crippen LogP contribution in [0.3, 0.4) is 0 Å². The number of hydrogen-bond donors (Lipinski definition) is 0. The van der Waals surface area contributed by atoms with Crippen LogP contribution in [0.4, 0.5) is 9.59 Å². The molecule has 7 nitrogen and oxygen atoms in total. The average molecular weight is 530 g/mol. The van der Waals surface area contributed by atoms with E-state index >= 15 is 0 Å². The minimum Gasteiger partial charge on any atom is -0.443 e. The molecule has 9 heteroatoms. The second-order valence-corrected chi connectivity index (χ2v) is 10.5. The number of carbonyl (C=O) groups excluding carboxylic acids is 2. The lowest BCUT2D eigenvalue weighted by Crippen LogP contribution is -2.57. The molecule has 4 rings (SSSR count). The van der Waals surface area contributed by atoms with E-state index in [9.17, 15) is 9.59 Å². The third-order valence-corrected chi connectivity index (χ3v) is 6.23. The Morgan fingerprint density at radius 1 is 0.972 bits per heavy atom.